The lowest BCUT2D eigenvalue weighted by Gasteiger charge is -2.15. The number of benzene rings is 1. The van der Waals surface area contributed by atoms with Crippen molar-refractivity contribution in [2.75, 3.05) is 13.2 Å². The summed E-state index contributed by atoms with van der Waals surface area (Å²) < 4.78 is 30.8. The van der Waals surface area contributed by atoms with Crippen molar-refractivity contribution in [1.29, 1.82) is 0 Å². The van der Waals surface area contributed by atoms with E-state index in [0.717, 1.165) is 12.1 Å². The van der Waals surface area contributed by atoms with Crippen LogP contribution >= 0.6 is 0 Å². The van der Waals surface area contributed by atoms with E-state index in [0.29, 0.717) is 5.56 Å². The number of nitrogens with one attached hydrogen (secondary N) is 1. The molecule has 1 fully saturated rings. The summed E-state index contributed by atoms with van der Waals surface area (Å²) in [5.41, 5.74) is 0.312. The summed E-state index contributed by atoms with van der Waals surface area (Å²) in [4.78, 5) is 22.7. The van der Waals surface area contributed by atoms with Gasteiger partial charge in [-0.15, -0.1) is 0 Å². The van der Waals surface area contributed by atoms with Crippen molar-refractivity contribution >= 4 is 11.9 Å². The quantitative estimate of drug-likeness (QED) is 0.855. The van der Waals surface area contributed by atoms with Crippen molar-refractivity contribution < 1.29 is 28.2 Å². The Bertz CT molecular complexity index is 535. The SMILES string of the molecule is O=C(Cc1ccc(F)c(F)c1)NC1COCC1C(=O)O. The molecule has 0 aliphatic carbocycles. The molecule has 1 saturated heterocycles. The molecule has 0 radical (unpaired) electrons. The van der Waals surface area contributed by atoms with E-state index in [-0.39, 0.29) is 19.6 Å². The standard InChI is InChI=1S/C13H13F2NO4/c14-9-2-1-7(3-10(9)15)4-12(17)16-11-6-20-5-8(11)13(18)19/h1-3,8,11H,4-6H2,(H,16,17)(H,18,19). The van der Waals surface area contributed by atoms with Crippen LogP contribution in [-0.2, 0) is 20.7 Å². The number of carbonyl (C=O) groups is 2. The first-order chi connectivity index (χ1) is 9.47. The number of aliphatic carboxylic acids is 1. The number of ether oxygens (including phenoxy) is 1. The van der Waals surface area contributed by atoms with Gasteiger partial charge in [-0.2, -0.15) is 0 Å². The number of amides is 1. The van der Waals surface area contributed by atoms with E-state index >= 15 is 0 Å². The minimum Gasteiger partial charge on any atom is -0.481 e. The van der Waals surface area contributed by atoms with Gasteiger partial charge in [0.05, 0.1) is 25.7 Å². The fourth-order valence-corrected chi connectivity index (χ4v) is 2.03. The van der Waals surface area contributed by atoms with E-state index in [1.54, 1.807) is 0 Å². The average molecular weight is 285 g/mol. The van der Waals surface area contributed by atoms with Gasteiger partial charge in [0, 0.05) is 0 Å². The monoisotopic (exact) mass is 285 g/mol. The summed E-state index contributed by atoms with van der Waals surface area (Å²) in [6, 6.07) is 2.58. The van der Waals surface area contributed by atoms with Gasteiger partial charge in [-0.05, 0) is 17.7 Å². The first-order valence-corrected chi connectivity index (χ1v) is 6.01. The van der Waals surface area contributed by atoms with Gasteiger partial charge in [0.1, 0.15) is 5.92 Å². The van der Waals surface area contributed by atoms with E-state index in [1.807, 2.05) is 0 Å². The summed E-state index contributed by atoms with van der Waals surface area (Å²) in [6.45, 7) is 0.173. The summed E-state index contributed by atoms with van der Waals surface area (Å²) in [7, 11) is 0. The molecule has 5 nitrogen and oxygen atoms in total. The van der Waals surface area contributed by atoms with Crippen LogP contribution in [0.3, 0.4) is 0 Å². The Morgan fingerprint density at radius 1 is 1.30 bits per heavy atom. The second-order valence-corrected chi connectivity index (χ2v) is 4.58. The zero-order valence-electron chi connectivity index (χ0n) is 10.4. The third-order valence-corrected chi connectivity index (χ3v) is 3.09. The van der Waals surface area contributed by atoms with Gasteiger partial charge in [0.15, 0.2) is 11.6 Å². The highest BCUT2D eigenvalue weighted by Gasteiger charge is 2.34. The molecule has 1 aliphatic rings. The summed E-state index contributed by atoms with van der Waals surface area (Å²) in [5.74, 6) is -4.30. The maximum Gasteiger partial charge on any atom is 0.311 e. The fraction of sp³-hybridized carbons (Fsp3) is 0.385. The van der Waals surface area contributed by atoms with Gasteiger partial charge in [0.25, 0.3) is 0 Å². The molecule has 0 aromatic heterocycles. The lowest BCUT2D eigenvalue weighted by Crippen LogP contribution is -2.43. The van der Waals surface area contributed by atoms with Gasteiger partial charge in [-0.25, -0.2) is 8.78 Å². The second-order valence-electron chi connectivity index (χ2n) is 4.58. The number of carbonyl (C=O) groups excluding carboxylic acids is 1. The number of hydrogen-bond acceptors (Lipinski definition) is 3. The molecular formula is C13H13F2NO4. The summed E-state index contributed by atoms with van der Waals surface area (Å²) >= 11 is 0. The van der Waals surface area contributed by atoms with Crippen LogP contribution in [0, 0.1) is 17.6 Å². The van der Waals surface area contributed by atoms with Crippen LogP contribution in [0.5, 0.6) is 0 Å². The second kappa shape index (κ2) is 5.96. The number of halogens is 2. The average Bonchev–Trinajstić information content (AvgIpc) is 2.82. The molecule has 1 aliphatic heterocycles. The van der Waals surface area contributed by atoms with Crippen LogP contribution < -0.4 is 5.32 Å². The van der Waals surface area contributed by atoms with Gasteiger partial charge in [0.2, 0.25) is 5.91 Å². The van der Waals surface area contributed by atoms with Gasteiger partial charge in [-0.3, -0.25) is 9.59 Å². The maximum absolute atomic E-state index is 13.0. The molecule has 1 aromatic rings. The van der Waals surface area contributed by atoms with Crippen LogP contribution in [0.4, 0.5) is 8.78 Å². The van der Waals surface area contributed by atoms with E-state index in [4.69, 9.17) is 9.84 Å². The predicted octanol–water partition coefficient (Wildman–Crippen LogP) is 0.723. The third kappa shape index (κ3) is 3.30. The van der Waals surface area contributed by atoms with Crippen LogP contribution in [0.15, 0.2) is 18.2 Å². The number of hydrogen-bond donors (Lipinski definition) is 2. The lowest BCUT2D eigenvalue weighted by atomic mass is 10.0. The highest BCUT2D eigenvalue weighted by atomic mass is 19.2. The first kappa shape index (κ1) is 14.4. The summed E-state index contributed by atoms with van der Waals surface area (Å²) in [6.07, 6.45) is -0.153. The van der Waals surface area contributed by atoms with Gasteiger partial charge < -0.3 is 15.2 Å². The van der Waals surface area contributed by atoms with Crippen LogP contribution in [-0.4, -0.2) is 36.2 Å². The molecule has 0 spiro atoms. The lowest BCUT2D eigenvalue weighted by molar-refractivity contribution is -0.142. The molecule has 2 N–H and O–H groups in total. The molecule has 20 heavy (non-hydrogen) atoms. The molecule has 1 heterocycles. The molecule has 2 rings (SSSR count). The zero-order valence-corrected chi connectivity index (χ0v) is 10.4. The molecule has 2 unspecified atom stereocenters. The van der Waals surface area contributed by atoms with Crippen molar-refractivity contribution in [2.45, 2.75) is 12.5 Å². The number of carboxylic acids is 1. The van der Waals surface area contributed by atoms with Crippen LogP contribution in [0.25, 0.3) is 0 Å². The predicted molar refractivity (Wildman–Crippen MR) is 63.9 cm³/mol. The smallest absolute Gasteiger partial charge is 0.311 e. The number of carboxylic acid groups (broad SMARTS) is 1. The van der Waals surface area contributed by atoms with E-state index in [1.165, 1.54) is 6.07 Å². The highest BCUT2D eigenvalue weighted by molar-refractivity contribution is 5.80. The highest BCUT2D eigenvalue weighted by Crippen LogP contribution is 2.14. The Balaban J connectivity index is 1.95. The fourth-order valence-electron chi connectivity index (χ4n) is 2.03. The zero-order chi connectivity index (χ0) is 14.7. The Labute approximate surface area is 113 Å². The molecule has 1 aromatic carbocycles. The molecule has 108 valence electrons. The molecule has 1 amide bonds. The van der Waals surface area contributed by atoms with Crippen molar-refractivity contribution in [2.24, 2.45) is 5.92 Å². The summed E-state index contributed by atoms with van der Waals surface area (Å²) in [5, 5.41) is 11.5. The Morgan fingerprint density at radius 2 is 2.05 bits per heavy atom. The molecule has 2 atom stereocenters. The Morgan fingerprint density at radius 3 is 2.70 bits per heavy atom. The molecule has 0 bridgehead atoms. The maximum atomic E-state index is 13.0. The molecule has 7 heteroatoms. The third-order valence-electron chi connectivity index (χ3n) is 3.09. The minimum atomic E-state index is -1.04. The van der Waals surface area contributed by atoms with Gasteiger partial charge in [-0.1, -0.05) is 6.07 Å². The van der Waals surface area contributed by atoms with E-state index < -0.39 is 35.5 Å². The van der Waals surface area contributed by atoms with Crippen molar-refractivity contribution in [3.63, 3.8) is 0 Å². The topological polar surface area (TPSA) is 75.6 Å². The Hall–Kier alpha value is -2.02. The van der Waals surface area contributed by atoms with Gasteiger partial charge >= 0.3 is 5.97 Å². The largest absolute Gasteiger partial charge is 0.481 e. The van der Waals surface area contributed by atoms with E-state index in [2.05, 4.69) is 5.32 Å². The number of rotatable bonds is 4. The Kier molecular flexibility index (Phi) is 4.29. The molecular weight excluding hydrogens is 272 g/mol. The minimum absolute atomic E-state index is 0.0471. The first-order valence-electron chi connectivity index (χ1n) is 6.01. The van der Waals surface area contributed by atoms with E-state index in [9.17, 15) is 18.4 Å². The van der Waals surface area contributed by atoms with Crippen molar-refractivity contribution in [3.8, 4) is 0 Å². The molecule has 0 saturated carbocycles. The van der Waals surface area contributed by atoms with Crippen molar-refractivity contribution in [1.82, 2.24) is 5.32 Å². The normalized spacial score (nSPS) is 21.7. The van der Waals surface area contributed by atoms with Crippen LogP contribution in [0.2, 0.25) is 0 Å². The van der Waals surface area contributed by atoms with Crippen molar-refractivity contribution in [3.05, 3.63) is 35.4 Å². The van der Waals surface area contributed by atoms with Crippen LogP contribution in [0.1, 0.15) is 5.56 Å².